The van der Waals surface area contributed by atoms with E-state index in [2.05, 4.69) is 10.6 Å². The van der Waals surface area contributed by atoms with Gasteiger partial charge in [-0.05, 0) is 61.7 Å². The summed E-state index contributed by atoms with van der Waals surface area (Å²) in [5.74, 6) is -0.753. The van der Waals surface area contributed by atoms with E-state index in [-0.39, 0.29) is 17.0 Å². The second-order valence-electron chi connectivity index (χ2n) is 6.08. The molecular weight excluding hydrogens is 416 g/mol. The van der Waals surface area contributed by atoms with Crippen molar-refractivity contribution in [2.75, 3.05) is 11.9 Å². The van der Waals surface area contributed by atoms with E-state index in [0.717, 1.165) is 30.4 Å². The average Bonchev–Trinajstić information content (AvgIpc) is 3.21. The van der Waals surface area contributed by atoms with Gasteiger partial charge in [-0.15, -0.1) is 11.3 Å². The van der Waals surface area contributed by atoms with Crippen molar-refractivity contribution in [1.29, 1.82) is 0 Å². The maximum absolute atomic E-state index is 12.4. The van der Waals surface area contributed by atoms with Gasteiger partial charge in [-0.1, -0.05) is 29.8 Å². The predicted octanol–water partition coefficient (Wildman–Crippen LogP) is 4.59. The molecule has 0 saturated carbocycles. The van der Waals surface area contributed by atoms with E-state index < -0.39 is 0 Å². The Hall–Kier alpha value is -2.22. The Bertz CT molecular complexity index is 953. The lowest BCUT2D eigenvalue weighted by molar-refractivity contribution is -0.115. The smallest absolute Gasteiger partial charge is 0.341 e. The average molecular weight is 435 g/mol. The minimum Gasteiger partial charge on any atom is -0.462 e. The third-order valence-corrected chi connectivity index (χ3v) is 5.94. The van der Waals surface area contributed by atoms with Crippen LogP contribution in [0.4, 0.5) is 5.00 Å². The third kappa shape index (κ3) is 4.79. The van der Waals surface area contributed by atoms with Crippen LogP contribution in [0.1, 0.15) is 39.7 Å². The molecule has 1 aliphatic rings. The molecule has 0 atom stereocenters. The summed E-state index contributed by atoms with van der Waals surface area (Å²) >= 11 is 12.8. The standard InChI is InChI=1S/C20H19ClN2O3S2/c1-2-26-19(25)17-13-7-5-9-15(13)28-18(17)23-20(27)22-16(24)11-10-12-6-3-4-8-14(12)21/h3-4,6,8,10-11H,2,5,7,9H2,1H3,(H2,22,23,24,27)/b11-10+. The van der Waals surface area contributed by atoms with Gasteiger partial charge in [0.2, 0.25) is 5.91 Å². The number of hydrogen-bond donors (Lipinski definition) is 2. The van der Waals surface area contributed by atoms with Crippen molar-refractivity contribution in [3.63, 3.8) is 0 Å². The van der Waals surface area contributed by atoms with Crippen molar-refractivity contribution in [2.45, 2.75) is 26.2 Å². The molecule has 1 aromatic heterocycles. The minimum absolute atomic E-state index is 0.124. The highest BCUT2D eigenvalue weighted by atomic mass is 35.5. The third-order valence-electron chi connectivity index (χ3n) is 4.18. The summed E-state index contributed by atoms with van der Waals surface area (Å²) in [6.07, 6.45) is 5.79. The summed E-state index contributed by atoms with van der Waals surface area (Å²) < 4.78 is 5.19. The Morgan fingerprint density at radius 1 is 1.32 bits per heavy atom. The van der Waals surface area contributed by atoms with Crippen LogP contribution in [0.5, 0.6) is 0 Å². The van der Waals surface area contributed by atoms with Gasteiger partial charge in [0.25, 0.3) is 0 Å². The maximum atomic E-state index is 12.4. The molecule has 1 aliphatic carbocycles. The molecule has 28 heavy (non-hydrogen) atoms. The number of rotatable bonds is 5. The SMILES string of the molecule is CCOC(=O)c1c(NC(=S)NC(=O)/C=C/c2ccccc2Cl)sc2c1CCC2. The topological polar surface area (TPSA) is 67.4 Å². The zero-order valence-corrected chi connectivity index (χ0v) is 17.6. The molecule has 8 heteroatoms. The first-order valence-electron chi connectivity index (χ1n) is 8.85. The molecule has 2 aromatic rings. The number of nitrogens with one attached hydrogen (secondary N) is 2. The molecule has 1 aromatic carbocycles. The maximum Gasteiger partial charge on any atom is 0.341 e. The zero-order chi connectivity index (χ0) is 20.1. The number of anilines is 1. The first-order valence-corrected chi connectivity index (χ1v) is 10.5. The monoisotopic (exact) mass is 434 g/mol. The fraction of sp³-hybridized carbons (Fsp3) is 0.250. The van der Waals surface area contributed by atoms with Crippen molar-refractivity contribution < 1.29 is 14.3 Å². The molecule has 0 spiro atoms. The molecule has 0 fully saturated rings. The van der Waals surface area contributed by atoms with Gasteiger partial charge in [0.15, 0.2) is 5.11 Å². The van der Waals surface area contributed by atoms with Crippen LogP contribution in [0, 0.1) is 0 Å². The number of benzene rings is 1. The number of fused-ring (bicyclic) bond motifs is 1. The molecule has 0 unspecified atom stereocenters. The Labute approximate surface area is 177 Å². The number of ether oxygens (including phenoxy) is 1. The summed E-state index contributed by atoms with van der Waals surface area (Å²) in [6.45, 7) is 2.07. The van der Waals surface area contributed by atoms with Gasteiger partial charge in [-0.25, -0.2) is 4.79 Å². The van der Waals surface area contributed by atoms with Crippen LogP contribution in [0.2, 0.25) is 5.02 Å². The molecule has 5 nitrogen and oxygen atoms in total. The number of hydrogen-bond acceptors (Lipinski definition) is 5. The van der Waals surface area contributed by atoms with E-state index in [1.54, 1.807) is 19.1 Å². The van der Waals surface area contributed by atoms with Crippen LogP contribution in [-0.2, 0) is 22.4 Å². The van der Waals surface area contributed by atoms with Gasteiger partial charge in [0, 0.05) is 16.0 Å². The number of thiocarbonyl (C=S) groups is 1. The van der Waals surface area contributed by atoms with E-state index in [1.165, 1.54) is 22.3 Å². The number of aryl methyl sites for hydroxylation is 1. The van der Waals surface area contributed by atoms with Crippen LogP contribution >= 0.6 is 35.2 Å². The summed E-state index contributed by atoms with van der Waals surface area (Å²) in [5, 5.41) is 6.86. The normalized spacial score (nSPS) is 12.6. The van der Waals surface area contributed by atoms with E-state index >= 15 is 0 Å². The van der Waals surface area contributed by atoms with Crippen LogP contribution in [0.25, 0.3) is 6.08 Å². The molecule has 1 heterocycles. The molecule has 0 bridgehead atoms. The van der Waals surface area contributed by atoms with E-state index in [9.17, 15) is 9.59 Å². The molecule has 0 saturated heterocycles. The van der Waals surface area contributed by atoms with Crippen molar-refractivity contribution in [3.05, 3.63) is 56.9 Å². The van der Waals surface area contributed by atoms with Crippen molar-refractivity contribution >= 4 is 63.2 Å². The summed E-state index contributed by atoms with van der Waals surface area (Å²) in [4.78, 5) is 25.7. The fourth-order valence-corrected chi connectivity index (χ4v) is 4.72. The second kappa shape index (κ2) is 9.32. The van der Waals surface area contributed by atoms with Gasteiger partial charge in [-0.2, -0.15) is 0 Å². The Morgan fingerprint density at radius 2 is 2.11 bits per heavy atom. The van der Waals surface area contributed by atoms with Gasteiger partial charge in [0.1, 0.15) is 5.00 Å². The lowest BCUT2D eigenvalue weighted by Gasteiger charge is -2.10. The highest BCUT2D eigenvalue weighted by molar-refractivity contribution is 7.80. The number of amides is 1. The van der Waals surface area contributed by atoms with E-state index in [1.807, 2.05) is 18.2 Å². The first-order chi connectivity index (χ1) is 13.5. The molecule has 3 rings (SSSR count). The number of halogens is 1. The Balaban J connectivity index is 1.67. The summed E-state index contributed by atoms with van der Waals surface area (Å²) in [6, 6.07) is 7.21. The molecule has 0 radical (unpaired) electrons. The largest absolute Gasteiger partial charge is 0.462 e. The Kier molecular flexibility index (Phi) is 6.83. The number of thiophene rings is 1. The lowest BCUT2D eigenvalue weighted by Crippen LogP contribution is -2.33. The van der Waals surface area contributed by atoms with Crippen molar-refractivity contribution in [1.82, 2.24) is 5.32 Å². The quantitative estimate of drug-likeness (QED) is 0.409. The predicted molar refractivity (Wildman–Crippen MR) is 117 cm³/mol. The molecule has 0 aliphatic heterocycles. The number of esters is 1. The summed E-state index contributed by atoms with van der Waals surface area (Å²) in [5.41, 5.74) is 2.29. The molecular formula is C20H19ClN2O3S2. The minimum atomic E-state index is -0.390. The van der Waals surface area contributed by atoms with Gasteiger partial charge in [0.05, 0.1) is 12.2 Å². The van der Waals surface area contributed by atoms with E-state index in [4.69, 9.17) is 28.6 Å². The van der Waals surface area contributed by atoms with Gasteiger partial charge in [-0.3, -0.25) is 10.1 Å². The number of carbonyl (C=O) groups excluding carboxylic acids is 2. The van der Waals surface area contributed by atoms with Gasteiger partial charge >= 0.3 is 5.97 Å². The van der Waals surface area contributed by atoms with Crippen LogP contribution in [0.3, 0.4) is 0 Å². The second-order valence-corrected chi connectivity index (χ2v) is 8.00. The zero-order valence-electron chi connectivity index (χ0n) is 15.2. The summed E-state index contributed by atoms with van der Waals surface area (Å²) in [7, 11) is 0. The molecule has 2 N–H and O–H groups in total. The molecule has 146 valence electrons. The number of carbonyl (C=O) groups is 2. The first kappa shape index (κ1) is 20.5. The van der Waals surface area contributed by atoms with Crippen molar-refractivity contribution in [3.8, 4) is 0 Å². The van der Waals surface area contributed by atoms with Gasteiger partial charge < -0.3 is 10.1 Å². The van der Waals surface area contributed by atoms with Crippen LogP contribution in [0.15, 0.2) is 30.3 Å². The molecule has 1 amide bonds. The van der Waals surface area contributed by atoms with Crippen molar-refractivity contribution in [2.24, 2.45) is 0 Å². The lowest BCUT2D eigenvalue weighted by atomic mass is 10.1. The Morgan fingerprint density at radius 3 is 2.86 bits per heavy atom. The van der Waals surface area contributed by atoms with E-state index in [0.29, 0.717) is 22.2 Å². The van der Waals surface area contributed by atoms with Crippen LogP contribution in [-0.4, -0.2) is 23.6 Å². The van der Waals surface area contributed by atoms with Crippen LogP contribution < -0.4 is 10.6 Å². The highest BCUT2D eigenvalue weighted by Crippen LogP contribution is 2.39. The highest BCUT2D eigenvalue weighted by Gasteiger charge is 2.27. The fourth-order valence-electron chi connectivity index (χ4n) is 2.98.